The number of nitrogens with one attached hydrogen (secondary N) is 1. The van der Waals surface area contributed by atoms with Gasteiger partial charge in [0.05, 0.1) is 32.1 Å². The molecule has 8 heteroatoms. The van der Waals surface area contributed by atoms with Gasteiger partial charge >= 0.3 is 0 Å². The molecule has 2 heterocycles. The van der Waals surface area contributed by atoms with Crippen LogP contribution in [-0.4, -0.2) is 55.6 Å². The fraction of sp³-hybridized carbons (Fsp3) is 0.565. The van der Waals surface area contributed by atoms with Crippen LogP contribution < -0.4 is 15.0 Å². The van der Waals surface area contributed by atoms with Crippen molar-refractivity contribution in [2.45, 2.75) is 38.7 Å². The third kappa shape index (κ3) is 6.04. The lowest BCUT2D eigenvalue weighted by Gasteiger charge is -2.28. The molecule has 0 amide bonds. The van der Waals surface area contributed by atoms with Crippen LogP contribution in [0.3, 0.4) is 0 Å². The van der Waals surface area contributed by atoms with Gasteiger partial charge in [-0.3, -0.25) is 0 Å². The van der Waals surface area contributed by atoms with Crippen molar-refractivity contribution in [3.8, 4) is 5.88 Å². The van der Waals surface area contributed by atoms with Crippen LogP contribution in [-0.2, 0) is 9.47 Å². The van der Waals surface area contributed by atoms with E-state index in [9.17, 15) is 4.39 Å². The van der Waals surface area contributed by atoms with Crippen LogP contribution >= 0.6 is 0 Å². The van der Waals surface area contributed by atoms with Gasteiger partial charge in [0.25, 0.3) is 5.88 Å². The van der Waals surface area contributed by atoms with E-state index < -0.39 is 5.82 Å². The standard InChI is InChI=1S/C23H31FN4O3/c1-2-30-20-9-3-17(4-10-20)16-31-22-21(24)15-25-23(27-22)26-18-5-7-19(8-6-18)28-11-13-29-14-12-28/h5-8,15,17,20H,2-4,9-14,16H2,1H3,(H,25,26,27). The first-order valence-electron chi connectivity index (χ1n) is 11.2. The highest BCUT2D eigenvalue weighted by molar-refractivity contribution is 5.59. The van der Waals surface area contributed by atoms with Crippen molar-refractivity contribution >= 4 is 17.3 Å². The average Bonchev–Trinajstić information content (AvgIpc) is 2.82. The highest BCUT2D eigenvalue weighted by Crippen LogP contribution is 2.28. The number of hydrogen-bond acceptors (Lipinski definition) is 7. The number of nitrogens with zero attached hydrogens (tertiary/aromatic N) is 3. The molecule has 1 aromatic carbocycles. The third-order valence-electron chi connectivity index (χ3n) is 5.86. The summed E-state index contributed by atoms with van der Waals surface area (Å²) in [5.41, 5.74) is 1.99. The van der Waals surface area contributed by atoms with Gasteiger partial charge in [0.15, 0.2) is 0 Å². The summed E-state index contributed by atoms with van der Waals surface area (Å²) in [7, 11) is 0. The second kappa shape index (κ2) is 10.7. The zero-order chi connectivity index (χ0) is 21.5. The monoisotopic (exact) mass is 430 g/mol. The second-order valence-corrected chi connectivity index (χ2v) is 8.03. The average molecular weight is 431 g/mol. The summed E-state index contributed by atoms with van der Waals surface area (Å²) >= 11 is 0. The molecular formula is C23H31FN4O3. The molecule has 0 atom stereocenters. The molecule has 0 bridgehead atoms. The van der Waals surface area contributed by atoms with Crippen molar-refractivity contribution in [2.75, 3.05) is 49.7 Å². The highest BCUT2D eigenvalue weighted by atomic mass is 19.1. The molecule has 31 heavy (non-hydrogen) atoms. The Bertz CT molecular complexity index is 822. The van der Waals surface area contributed by atoms with Gasteiger partial charge in [-0.15, -0.1) is 0 Å². The van der Waals surface area contributed by atoms with Gasteiger partial charge in [0.2, 0.25) is 11.8 Å². The van der Waals surface area contributed by atoms with Gasteiger partial charge in [0.1, 0.15) is 0 Å². The molecular weight excluding hydrogens is 399 g/mol. The lowest BCUT2D eigenvalue weighted by atomic mass is 9.88. The minimum atomic E-state index is -0.545. The van der Waals surface area contributed by atoms with Gasteiger partial charge in [-0.2, -0.15) is 9.37 Å². The fourth-order valence-electron chi connectivity index (χ4n) is 4.12. The normalized spacial score (nSPS) is 21.7. The topological polar surface area (TPSA) is 68.7 Å². The molecule has 2 aromatic rings. The Morgan fingerprint density at radius 1 is 1.13 bits per heavy atom. The minimum absolute atomic E-state index is 0.00521. The van der Waals surface area contributed by atoms with Crippen LogP contribution in [0.5, 0.6) is 5.88 Å². The fourth-order valence-corrected chi connectivity index (χ4v) is 4.12. The molecule has 1 saturated carbocycles. The smallest absolute Gasteiger partial charge is 0.255 e. The van der Waals surface area contributed by atoms with Crippen molar-refractivity contribution in [3.63, 3.8) is 0 Å². The van der Waals surface area contributed by atoms with Crippen LogP contribution in [0.25, 0.3) is 0 Å². The number of halogens is 1. The summed E-state index contributed by atoms with van der Waals surface area (Å²) in [6.07, 6.45) is 5.61. The zero-order valence-electron chi connectivity index (χ0n) is 18.1. The number of anilines is 3. The predicted molar refractivity (Wildman–Crippen MR) is 118 cm³/mol. The molecule has 2 aliphatic rings. The molecule has 2 fully saturated rings. The van der Waals surface area contributed by atoms with E-state index in [4.69, 9.17) is 14.2 Å². The van der Waals surface area contributed by atoms with Crippen LogP contribution in [0.1, 0.15) is 32.6 Å². The maximum absolute atomic E-state index is 14.2. The first-order chi connectivity index (χ1) is 15.2. The minimum Gasteiger partial charge on any atom is -0.475 e. The molecule has 0 spiro atoms. The molecule has 1 N–H and O–H groups in total. The SMILES string of the molecule is CCOC1CCC(COc2nc(Nc3ccc(N4CCOCC4)cc3)ncc2F)CC1. The van der Waals surface area contributed by atoms with E-state index in [0.717, 1.165) is 76.2 Å². The summed E-state index contributed by atoms with van der Waals surface area (Å²) in [4.78, 5) is 10.6. The number of ether oxygens (including phenoxy) is 3. The van der Waals surface area contributed by atoms with E-state index in [-0.39, 0.29) is 5.88 Å². The van der Waals surface area contributed by atoms with Crippen molar-refractivity contribution in [3.05, 3.63) is 36.3 Å². The first kappa shape index (κ1) is 21.8. The number of hydrogen-bond donors (Lipinski definition) is 1. The first-order valence-corrected chi connectivity index (χ1v) is 11.2. The van der Waals surface area contributed by atoms with E-state index in [0.29, 0.717) is 24.6 Å². The van der Waals surface area contributed by atoms with E-state index >= 15 is 0 Å². The molecule has 4 rings (SSSR count). The molecule has 7 nitrogen and oxygen atoms in total. The predicted octanol–water partition coefficient (Wildman–Crippen LogP) is 4.17. The molecule has 1 aliphatic heterocycles. The Hall–Kier alpha value is -2.45. The summed E-state index contributed by atoms with van der Waals surface area (Å²) in [6, 6.07) is 8.03. The van der Waals surface area contributed by atoms with Gasteiger partial charge in [-0.05, 0) is 62.8 Å². The van der Waals surface area contributed by atoms with Crippen LogP contribution in [0.2, 0.25) is 0 Å². The van der Waals surface area contributed by atoms with E-state index in [1.54, 1.807) is 0 Å². The molecule has 0 radical (unpaired) electrons. The third-order valence-corrected chi connectivity index (χ3v) is 5.86. The molecule has 1 saturated heterocycles. The van der Waals surface area contributed by atoms with E-state index in [2.05, 4.69) is 20.2 Å². The van der Waals surface area contributed by atoms with E-state index in [1.807, 2.05) is 31.2 Å². The highest BCUT2D eigenvalue weighted by Gasteiger charge is 2.22. The van der Waals surface area contributed by atoms with Crippen molar-refractivity contribution in [1.82, 2.24) is 9.97 Å². The summed E-state index contributed by atoms with van der Waals surface area (Å²) < 4.78 is 31.0. The lowest BCUT2D eigenvalue weighted by molar-refractivity contribution is 0.0194. The number of benzene rings is 1. The Morgan fingerprint density at radius 2 is 1.87 bits per heavy atom. The number of rotatable bonds is 8. The zero-order valence-corrected chi connectivity index (χ0v) is 18.1. The second-order valence-electron chi connectivity index (χ2n) is 8.03. The number of morpholine rings is 1. The molecule has 168 valence electrons. The van der Waals surface area contributed by atoms with Crippen molar-refractivity contribution < 1.29 is 18.6 Å². The Balaban J connectivity index is 1.31. The van der Waals surface area contributed by atoms with Gasteiger partial charge in [-0.25, -0.2) is 4.98 Å². The number of aromatic nitrogens is 2. The van der Waals surface area contributed by atoms with Gasteiger partial charge in [0, 0.05) is 31.1 Å². The summed E-state index contributed by atoms with van der Waals surface area (Å²) in [5, 5.41) is 3.13. The van der Waals surface area contributed by atoms with Crippen LogP contribution in [0.4, 0.5) is 21.7 Å². The van der Waals surface area contributed by atoms with Crippen molar-refractivity contribution in [1.29, 1.82) is 0 Å². The molecule has 1 aliphatic carbocycles. The Morgan fingerprint density at radius 3 is 2.58 bits per heavy atom. The lowest BCUT2D eigenvalue weighted by Crippen LogP contribution is -2.36. The summed E-state index contributed by atoms with van der Waals surface area (Å²) in [6.45, 7) is 6.52. The van der Waals surface area contributed by atoms with Crippen LogP contribution in [0, 0.1) is 11.7 Å². The Labute approximate surface area is 182 Å². The maximum Gasteiger partial charge on any atom is 0.255 e. The van der Waals surface area contributed by atoms with Gasteiger partial charge in [-0.1, -0.05) is 0 Å². The Kier molecular flexibility index (Phi) is 7.53. The summed E-state index contributed by atoms with van der Waals surface area (Å²) in [5.74, 6) is 0.163. The quantitative estimate of drug-likeness (QED) is 0.674. The van der Waals surface area contributed by atoms with Gasteiger partial charge < -0.3 is 24.4 Å². The molecule has 1 aromatic heterocycles. The van der Waals surface area contributed by atoms with Crippen LogP contribution in [0.15, 0.2) is 30.5 Å². The molecule has 0 unspecified atom stereocenters. The van der Waals surface area contributed by atoms with Crippen molar-refractivity contribution in [2.24, 2.45) is 5.92 Å². The van der Waals surface area contributed by atoms with E-state index in [1.165, 1.54) is 0 Å². The maximum atomic E-state index is 14.2. The largest absolute Gasteiger partial charge is 0.475 e.